The van der Waals surface area contributed by atoms with Crippen molar-refractivity contribution in [2.24, 2.45) is 5.73 Å². The van der Waals surface area contributed by atoms with Crippen molar-refractivity contribution in [3.8, 4) is 0 Å². The molecule has 1 amide bonds. The van der Waals surface area contributed by atoms with Gasteiger partial charge in [0, 0.05) is 29.5 Å². The Morgan fingerprint density at radius 2 is 2.20 bits per heavy atom. The van der Waals surface area contributed by atoms with E-state index in [1.807, 2.05) is 35.2 Å². The van der Waals surface area contributed by atoms with Gasteiger partial charge >= 0.3 is 0 Å². The molecule has 0 aliphatic carbocycles. The standard InChI is InChI=1S/C16H21N3O/c1-11-5-4-7-13(10-17)19(11)16(20)15-9-12-6-2-3-8-14(12)18-15/h2-3,6,8-9,11,13,18H,4-5,7,10,17H2,1H3. The molecule has 3 N–H and O–H groups in total. The van der Waals surface area contributed by atoms with Crippen LogP contribution in [0.4, 0.5) is 0 Å². The highest BCUT2D eigenvalue weighted by Gasteiger charge is 2.32. The molecule has 2 heterocycles. The van der Waals surface area contributed by atoms with Gasteiger partial charge < -0.3 is 15.6 Å². The summed E-state index contributed by atoms with van der Waals surface area (Å²) in [5, 5.41) is 1.07. The van der Waals surface area contributed by atoms with Crippen LogP contribution in [0.15, 0.2) is 30.3 Å². The zero-order chi connectivity index (χ0) is 14.1. The second-order valence-corrected chi connectivity index (χ2v) is 5.65. The van der Waals surface area contributed by atoms with Crippen LogP contribution >= 0.6 is 0 Å². The van der Waals surface area contributed by atoms with Crippen molar-refractivity contribution in [3.63, 3.8) is 0 Å². The number of carbonyl (C=O) groups is 1. The minimum atomic E-state index is 0.0730. The predicted molar refractivity (Wildman–Crippen MR) is 80.6 cm³/mol. The summed E-state index contributed by atoms with van der Waals surface area (Å²) in [5.74, 6) is 0.0730. The first-order chi connectivity index (χ1) is 9.70. The maximum Gasteiger partial charge on any atom is 0.270 e. The van der Waals surface area contributed by atoms with E-state index >= 15 is 0 Å². The van der Waals surface area contributed by atoms with Crippen LogP contribution in [-0.4, -0.2) is 34.4 Å². The van der Waals surface area contributed by atoms with Crippen molar-refractivity contribution < 1.29 is 4.79 Å². The van der Waals surface area contributed by atoms with Gasteiger partial charge in [-0.3, -0.25) is 4.79 Å². The summed E-state index contributed by atoms with van der Waals surface area (Å²) in [6.07, 6.45) is 3.22. The molecule has 1 fully saturated rings. The van der Waals surface area contributed by atoms with Crippen molar-refractivity contribution in [1.82, 2.24) is 9.88 Å². The fourth-order valence-electron chi connectivity index (χ4n) is 3.21. The monoisotopic (exact) mass is 271 g/mol. The van der Waals surface area contributed by atoms with E-state index < -0.39 is 0 Å². The van der Waals surface area contributed by atoms with E-state index in [1.54, 1.807) is 0 Å². The van der Waals surface area contributed by atoms with Crippen molar-refractivity contribution >= 4 is 16.8 Å². The van der Waals surface area contributed by atoms with Crippen LogP contribution in [0, 0.1) is 0 Å². The first kappa shape index (κ1) is 13.2. The average Bonchev–Trinajstić information content (AvgIpc) is 2.90. The predicted octanol–water partition coefficient (Wildman–Crippen LogP) is 2.51. The van der Waals surface area contributed by atoms with E-state index in [0.29, 0.717) is 12.2 Å². The fraction of sp³-hybridized carbons (Fsp3) is 0.438. The van der Waals surface area contributed by atoms with Crippen LogP contribution in [0.25, 0.3) is 10.9 Å². The summed E-state index contributed by atoms with van der Waals surface area (Å²) >= 11 is 0. The molecular formula is C16H21N3O. The number of likely N-dealkylation sites (tertiary alicyclic amines) is 1. The molecule has 0 saturated carbocycles. The number of carbonyl (C=O) groups excluding carboxylic acids is 1. The highest BCUT2D eigenvalue weighted by Crippen LogP contribution is 2.25. The lowest BCUT2D eigenvalue weighted by Crippen LogP contribution is -2.51. The van der Waals surface area contributed by atoms with Gasteiger partial charge in [-0.25, -0.2) is 0 Å². The van der Waals surface area contributed by atoms with Crippen LogP contribution in [0.5, 0.6) is 0 Å². The second kappa shape index (κ2) is 5.29. The van der Waals surface area contributed by atoms with E-state index in [1.165, 1.54) is 0 Å². The number of benzene rings is 1. The van der Waals surface area contributed by atoms with Gasteiger partial charge in [-0.2, -0.15) is 0 Å². The quantitative estimate of drug-likeness (QED) is 0.881. The number of aromatic nitrogens is 1. The Labute approximate surface area is 118 Å². The Morgan fingerprint density at radius 1 is 1.40 bits per heavy atom. The van der Waals surface area contributed by atoms with Crippen molar-refractivity contribution in [2.75, 3.05) is 6.54 Å². The smallest absolute Gasteiger partial charge is 0.270 e. The molecule has 106 valence electrons. The molecule has 1 aromatic carbocycles. The lowest BCUT2D eigenvalue weighted by atomic mass is 9.96. The van der Waals surface area contributed by atoms with E-state index in [0.717, 1.165) is 30.2 Å². The maximum absolute atomic E-state index is 12.8. The molecule has 1 saturated heterocycles. The number of piperidine rings is 1. The van der Waals surface area contributed by atoms with Gasteiger partial charge in [-0.1, -0.05) is 18.2 Å². The minimum Gasteiger partial charge on any atom is -0.351 e. The average molecular weight is 271 g/mol. The van der Waals surface area contributed by atoms with Crippen LogP contribution < -0.4 is 5.73 Å². The van der Waals surface area contributed by atoms with Gasteiger partial charge in [0.05, 0.1) is 0 Å². The summed E-state index contributed by atoms with van der Waals surface area (Å²) in [6.45, 7) is 2.65. The molecule has 1 aromatic heterocycles. The summed E-state index contributed by atoms with van der Waals surface area (Å²) in [5.41, 5.74) is 7.51. The van der Waals surface area contributed by atoms with E-state index in [-0.39, 0.29) is 18.0 Å². The number of amides is 1. The Kier molecular flexibility index (Phi) is 3.49. The largest absolute Gasteiger partial charge is 0.351 e. The molecule has 0 spiro atoms. The molecule has 3 rings (SSSR count). The Morgan fingerprint density at radius 3 is 2.95 bits per heavy atom. The van der Waals surface area contributed by atoms with Crippen LogP contribution in [0.2, 0.25) is 0 Å². The lowest BCUT2D eigenvalue weighted by Gasteiger charge is -2.40. The number of hydrogen-bond donors (Lipinski definition) is 2. The molecule has 0 bridgehead atoms. The van der Waals surface area contributed by atoms with Gasteiger partial charge in [-0.15, -0.1) is 0 Å². The summed E-state index contributed by atoms with van der Waals surface area (Å²) in [7, 11) is 0. The molecule has 4 nitrogen and oxygen atoms in total. The maximum atomic E-state index is 12.8. The van der Waals surface area contributed by atoms with Gasteiger partial charge in [0.2, 0.25) is 0 Å². The Hall–Kier alpha value is -1.81. The van der Waals surface area contributed by atoms with Crippen LogP contribution in [0.3, 0.4) is 0 Å². The van der Waals surface area contributed by atoms with Gasteiger partial charge in [-0.05, 0) is 38.3 Å². The number of nitrogens with two attached hydrogens (primary N) is 1. The number of H-pyrrole nitrogens is 1. The molecule has 20 heavy (non-hydrogen) atoms. The first-order valence-electron chi connectivity index (χ1n) is 7.31. The number of fused-ring (bicyclic) bond motifs is 1. The van der Waals surface area contributed by atoms with Gasteiger partial charge in [0.25, 0.3) is 5.91 Å². The summed E-state index contributed by atoms with van der Waals surface area (Å²) < 4.78 is 0. The fourth-order valence-corrected chi connectivity index (χ4v) is 3.21. The molecule has 1 aliphatic heterocycles. The number of nitrogens with one attached hydrogen (secondary N) is 1. The zero-order valence-corrected chi connectivity index (χ0v) is 11.8. The number of para-hydroxylation sites is 1. The molecule has 2 unspecified atom stereocenters. The van der Waals surface area contributed by atoms with E-state index in [4.69, 9.17) is 5.73 Å². The number of nitrogens with zero attached hydrogens (tertiary/aromatic N) is 1. The number of aromatic amines is 1. The summed E-state index contributed by atoms with van der Waals surface area (Å²) in [4.78, 5) is 18.0. The van der Waals surface area contributed by atoms with Gasteiger partial charge in [0.1, 0.15) is 5.69 Å². The molecular weight excluding hydrogens is 250 g/mol. The normalized spacial score (nSPS) is 23.2. The van der Waals surface area contributed by atoms with E-state index in [9.17, 15) is 4.79 Å². The third-order valence-electron chi connectivity index (χ3n) is 4.29. The number of rotatable bonds is 2. The SMILES string of the molecule is CC1CCCC(CN)N1C(=O)c1cc2ccccc2[nH]1. The van der Waals surface area contributed by atoms with Crippen LogP contribution in [0.1, 0.15) is 36.7 Å². The molecule has 4 heteroatoms. The zero-order valence-electron chi connectivity index (χ0n) is 11.8. The molecule has 0 radical (unpaired) electrons. The molecule has 2 atom stereocenters. The van der Waals surface area contributed by atoms with Crippen molar-refractivity contribution in [2.45, 2.75) is 38.3 Å². The number of hydrogen-bond acceptors (Lipinski definition) is 2. The van der Waals surface area contributed by atoms with Crippen LogP contribution in [-0.2, 0) is 0 Å². The molecule has 1 aliphatic rings. The highest BCUT2D eigenvalue weighted by atomic mass is 16.2. The van der Waals surface area contributed by atoms with E-state index in [2.05, 4.69) is 11.9 Å². The van der Waals surface area contributed by atoms with Gasteiger partial charge in [0.15, 0.2) is 0 Å². The molecule has 2 aromatic rings. The lowest BCUT2D eigenvalue weighted by molar-refractivity contribution is 0.0489. The Bertz CT molecular complexity index is 586. The topological polar surface area (TPSA) is 62.1 Å². The van der Waals surface area contributed by atoms with Crippen molar-refractivity contribution in [3.05, 3.63) is 36.0 Å². The first-order valence-corrected chi connectivity index (χ1v) is 7.31. The third kappa shape index (κ3) is 2.20. The summed E-state index contributed by atoms with van der Waals surface area (Å²) in [6, 6.07) is 10.3. The Balaban J connectivity index is 1.93. The minimum absolute atomic E-state index is 0.0730. The van der Waals surface area contributed by atoms with Crippen molar-refractivity contribution in [1.29, 1.82) is 0 Å². The highest BCUT2D eigenvalue weighted by molar-refractivity contribution is 5.98. The second-order valence-electron chi connectivity index (χ2n) is 5.65. The third-order valence-corrected chi connectivity index (χ3v) is 4.29.